The van der Waals surface area contributed by atoms with Gasteiger partial charge in [-0.15, -0.1) is 0 Å². The number of amides is 1. The second-order valence-corrected chi connectivity index (χ2v) is 20.0. The molecule has 0 aliphatic carbocycles. The summed E-state index contributed by atoms with van der Waals surface area (Å²) in [6.45, 7) is 2.76. The second kappa shape index (κ2) is 43.2. The predicted molar refractivity (Wildman–Crippen MR) is 281 cm³/mol. The van der Waals surface area contributed by atoms with Crippen molar-refractivity contribution in [1.29, 1.82) is 0 Å². The van der Waals surface area contributed by atoms with Crippen LogP contribution in [-0.2, 0) is 23.7 Å². The van der Waals surface area contributed by atoms with Crippen molar-refractivity contribution >= 4 is 5.91 Å². The van der Waals surface area contributed by atoms with Gasteiger partial charge in [0.15, 0.2) is 12.6 Å². The van der Waals surface area contributed by atoms with Crippen molar-refractivity contribution in [1.82, 2.24) is 5.32 Å². The summed E-state index contributed by atoms with van der Waals surface area (Å²) in [6.07, 6.45) is 35.7. The van der Waals surface area contributed by atoms with Crippen molar-refractivity contribution in [3.05, 3.63) is 48.6 Å². The number of allylic oxidation sites excluding steroid dienone is 7. The topological polar surface area (TPSA) is 228 Å². The van der Waals surface area contributed by atoms with Crippen LogP contribution in [0, 0.1) is 0 Å². The Morgan fingerprint density at radius 1 is 0.493 bits per heavy atom. The first-order valence-electron chi connectivity index (χ1n) is 28.4. The van der Waals surface area contributed by atoms with E-state index in [0.717, 1.165) is 51.4 Å². The van der Waals surface area contributed by atoms with Crippen molar-refractivity contribution in [3.8, 4) is 0 Å². The molecule has 0 aromatic rings. The summed E-state index contributed by atoms with van der Waals surface area (Å²) in [6, 6.07) is -0.940. The highest BCUT2D eigenvalue weighted by Gasteiger charge is 2.51. The highest BCUT2D eigenvalue weighted by atomic mass is 16.7. The summed E-state index contributed by atoms with van der Waals surface area (Å²) >= 11 is 0. The molecule has 12 atom stereocenters. The van der Waals surface area contributed by atoms with Gasteiger partial charge in [-0.3, -0.25) is 4.79 Å². The van der Waals surface area contributed by atoms with Gasteiger partial charge in [0.05, 0.1) is 32.0 Å². The Hall–Kier alpha value is -2.05. The molecule has 1 amide bonds. The maximum Gasteiger partial charge on any atom is 0.220 e. The lowest BCUT2D eigenvalue weighted by Crippen LogP contribution is -2.65. The van der Waals surface area contributed by atoms with E-state index in [1.165, 1.54) is 128 Å². The minimum Gasteiger partial charge on any atom is -0.394 e. The van der Waals surface area contributed by atoms with Gasteiger partial charge in [0, 0.05) is 6.42 Å². The van der Waals surface area contributed by atoms with E-state index in [1.807, 2.05) is 6.08 Å². The third-order valence-electron chi connectivity index (χ3n) is 13.7. The Kier molecular flexibility index (Phi) is 39.6. The maximum absolute atomic E-state index is 13.2. The molecule has 2 heterocycles. The summed E-state index contributed by atoms with van der Waals surface area (Å²) in [5.41, 5.74) is 0. The molecule has 0 bridgehead atoms. The summed E-state index contributed by atoms with van der Waals surface area (Å²) in [4.78, 5) is 13.2. The maximum atomic E-state index is 13.2. The molecular formula is C57H103NO13. The van der Waals surface area contributed by atoms with Crippen LogP contribution in [0.3, 0.4) is 0 Å². The first kappa shape index (κ1) is 65.1. The van der Waals surface area contributed by atoms with Gasteiger partial charge in [0.25, 0.3) is 0 Å². The van der Waals surface area contributed by atoms with E-state index in [2.05, 4.69) is 55.6 Å². The fraction of sp³-hybridized carbons (Fsp3) is 0.842. The molecule has 2 fully saturated rings. The van der Waals surface area contributed by atoms with Crippen LogP contribution in [0.4, 0.5) is 0 Å². The smallest absolute Gasteiger partial charge is 0.220 e. The molecule has 0 aromatic heterocycles. The molecule has 0 aromatic carbocycles. The van der Waals surface area contributed by atoms with E-state index >= 15 is 0 Å². The molecule has 14 nitrogen and oxygen atoms in total. The second-order valence-electron chi connectivity index (χ2n) is 20.0. The number of unbranched alkanes of at least 4 members (excludes halogenated alkanes) is 25. The number of aliphatic hydroxyl groups is 8. The summed E-state index contributed by atoms with van der Waals surface area (Å²) in [5, 5.41) is 86.9. The molecule has 2 rings (SSSR count). The Balaban J connectivity index is 1.83. The normalized spacial score (nSPS) is 26.1. The molecule has 0 saturated carbocycles. The molecule has 2 aliphatic rings. The Labute approximate surface area is 429 Å². The van der Waals surface area contributed by atoms with Crippen LogP contribution in [-0.4, -0.2) is 140 Å². The third-order valence-corrected chi connectivity index (χ3v) is 13.7. The summed E-state index contributed by atoms with van der Waals surface area (Å²) in [7, 11) is 0. The van der Waals surface area contributed by atoms with Crippen molar-refractivity contribution in [3.63, 3.8) is 0 Å². The van der Waals surface area contributed by atoms with Crippen LogP contribution < -0.4 is 5.32 Å². The Morgan fingerprint density at radius 2 is 0.901 bits per heavy atom. The van der Waals surface area contributed by atoms with Crippen LogP contribution in [0.2, 0.25) is 0 Å². The lowest BCUT2D eigenvalue weighted by Gasteiger charge is -2.46. The average Bonchev–Trinajstić information content (AvgIpc) is 3.37. The minimum atomic E-state index is -1.79. The summed E-state index contributed by atoms with van der Waals surface area (Å²) in [5.74, 6) is -0.258. The highest BCUT2D eigenvalue weighted by molar-refractivity contribution is 5.76. The molecule has 414 valence electrons. The number of carbonyl (C=O) groups excluding carboxylic acids is 1. The minimum absolute atomic E-state index is 0.258. The summed E-state index contributed by atoms with van der Waals surface area (Å²) < 4.78 is 22.7. The zero-order valence-corrected chi connectivity index (χ0v) is 44.2. The molecule has 12 unspecified atom stereocenters. The van der Waals surface area contributed by atoms with Crippen LogP contribution in [0.1, 0.15) is 213 Å². The van der Waals surface area contributed by atoms with Gasteiger partial charge in [0.2, 0.25) is 5.91 Å². The van der Waals surface area contributed by atoms with Gasteiger partial charge in [-0.2, -0.15) is 0 Å². The zero-order valence-electron chi connectivity index (χ0n) is 44.2. The van der Waals surface area contributed by atoms with E-state index in [0.29, 0.717) is 12.8 Å². The molecule has 14 heteroatoms. The zero-order chi connectivity index (χ0) is 51.7. The molecule has 0 spiro atoms. The number of aliphatic hydroxyl groups excluding tert-OH is 8. The number of nitrogens with one attached hydrogen (secondary N) is 1. The van der Waals surface area contributed by atoms with Gasteiger partial charge in [-0.1, -0.05) is 184 Å². The van der Waals surface area contributed by atoms with Gasteiger partial charge in [-0.05, 0) is 70.6 Å². The van der Waals surface area contributed by atoms with Crippen LogP contribution in [0.5, 0.6) is 0 Å². The average molecular weight is 1010 g/mol. The van der Waals surface area contributed by atoms with Gasteiger partial charge >= 0.3 is 0 Å². The lowest BCUT2D eigenvalue weighted by molar-refractivity contribution is -0.359. The van der Waals surface area contributed by atoms with Crippen molar-refractivity contribution in [2.24, 2.45) is 0 Å². The SMILES string of the molecule is CCCCCCCCC/C=C\CCCCCCCCCC(=O)NC(COC1OC(CO)C(OC2OC(CO)C(O)C(O)C2O)C(O)C1O)C(O)/C=C/CC/C=C/CC/C=C/CCCCCCCCCCC. The standard InChI is InChI=1S/C57H103NO13/c1-3-5-7-9-11-13-15-17-19-21-23-24-26-28-30-32-34-36-38-40-46(61)45(58-49(62)41-39-37-35-33-31-29-27-25-22-20-18-16-14-12-10-8-6-4-2)44-68-56-54(67)52(65)55(48(43-60)70-56)71-57-53(66)51(64)50(63)47(42-59)69-57/h20,22-24,30,32,38,40,45-48,50-57,59-61,63-67H,3-19,21,25-29,31,33-37,39,41-44H2,1-2H3,(H,58,62)/b22-20-,24-23+,32-30+,40-38+. The van der Waals surface area contributed by atoms with Crippen LogP contribution in [0.15, 0.2) is 48.6 Å². The first-order valence-corrected chi connectivity index (χ1v) is 28.4. The van der Waals surface area contributed by atoms with Crippen LogP contribution >= 0.6 is 0 Å². The van der Waals surface area contributed by atoms with Gasteiger partial charge in [0.1, 0.15) is 48.8 Å². The number of ether oxygens (including phenoxy) is 4. The molecule has 0 radical (unpaired) electrons. The van der Waals surface area contributed by atoms with E-state index in [1.54, 1.807) is 6.08 Å². The van der Waals surface area contributed by atoms with Crippen LogP contribution in [0.25, 0.3) is 0 Å². The molecule has 9 N–H and O–H groups in total. The fourth-order valence-electron chi connectivity index (χ4n) is 9.08. The molecule has 2 aliphatic heterocycles. The number of hydrogen-bond acceptors (Lipinski definition) is 13. The molecule has 71 heavy (non-hydrogen) atoms. The van der Waals surface area contributed by atoms with E-state index < -0.39 is 86.8 Å². The number of rotatable bonds is 44. The lowest BCUT2D eigenvalue weighted by atomic mass is 9.97. The largest absolute Gasteiger partial charge is 0.394 e. The van der Waals surface area contributed by atoms with E-state index in [4.69, 9.17) is 18.9 Å². The Bertz CT molecular complexity index is 1380. The highest BCUT2D eigenvalue weighted by Crippen LogP contribution is 2.30. The first-order chi connectivity index (χ1) is 34.6. The van der Waals surface area contributed by atoms with E-state index in [-0.39, 0.29) is 18.9 Å². The van der Waals surface area contributed by atoms with E-state index in [9.17, 15) is 45.6 Å². The van der Waals surface area contributed by atoms with Crippen molar-refractivity contribution in [2.45, 2.75) is 286 Å². The van der Waals surface area contributed by atoms with Gasteiger partial charge in [-0.25, -0.2) is 0 Å². The fourth-order valence-corrected chi connectivity index (χ4v) is 9.08. The Morgan fingerprint density at radius 3 is 1.38 bits per heavy atom. The quantitative estimate of drug-likeness (QED) is 0.0206. The third kappa shape index (κ3) is 29.6. The molecule has 2 saturated heterocycles. The van der Waals surface area contributed by atoms with Crippen molar-refractivity contribution < 1.29 is 64.6 Å². The number of carbonyl (C=O) groups is 1. The van der Waals surface area contributed by atoms with Crippen molar-refractivity contribution in [2.75, 3.05) is 19.8 Å². The monoisotopic (exact) mass is 1010 g/mol. The van der Waals surface area contributed by atoms with Gasteiger partial charge < -0.3 is 65.1 Å². The number of hydrogen-bond donors (Lipinski definition) is 9. The predicted octanol–water partition coefficient (Wildman–Crippen LogP) is 8.83. The molecular weight excluding hydrogens is 907 g/mol.